The summed E-state index contributed by atoms with van der Waals surface area (Å²) in [7, 11) is -2.64. The average Bonchev–Trinajstić information content (AvgIpc) is 3.75. The molecule has 12 nitrogen and oxygen atoms in total. The molecule has 1 aliphatic heterocycles. The first-order chi connectivity index (χ1) is 27.5. The number of carbonyl (C=O) groups is 2. The number of allylic oxidation sites excluding steroid dienone is 2. The number of halogens is 4. The highest BCUT2D eigenvalue weighted by Crippen LogP contribution is 2.28. The van der Waals surface area contributed by atoms with Gasteiger partial charge >= 0.3 is 7.40 Å². The molecule has 2 amide bonds. The van der Waals surface area contributed by atoms with Crippen LogP contribution in [0.15, 0.2) is 83.8 Å². The number of anilines is 3. The number of hydrogen-bond donors (Lipinski definition) is 3. The summed E-state index contributed by atoms with van der Waals surface area (Å²) < 4.78 is 52.8. The van der Waals surface area contributed by atoms with Crippen LogP contribution in [-0.2, 0) is 19.1 Å². The highest BCUT2D eigenvalue weighted by Gasteiger charge is 2.23. The summed E-state index contributed by atoms with van der Waals surface area (Å²) in [5.74, 6) is -0.462. The molecule has 2 aromatic carbocycles. The standard InChI is InChI=1S/C40H45BClF3N8O4/c1-4-52(16-5-6-39(55)50-30-10-13-36-33(23-30)40(48-26-47-36)51-31-9-12-35(43)34(42)24-31)17-19-57-21-20-56-18-15-46-38(54)14-11-29-7-8-32(49-29)25-37-27(2)22-28(3)53(37)41(44)45/h5-10,12-13,22-26H,4,11,14-21H2,1-3H3,(H,46,54)(H,50,55)(H,47,48,51)/b6-5+,32-25-. The van der Waals surface area contributed by atoms with Gasteiger partial charge < -0.3 is 29.9 Å². The van der Waals surface area contributed by atoms with Crippen molar-refractivity contribution in [2.45, 2.75) is 33.6 Å². The van der Waals surface area contributed by atoms with Crippen molar-refractivity contribution in [3.8, 4) is 0 Å². The molecule has 57 heavy (non-hydrogen) atoms. The summed E-state index contributed by atoms with van der Waals surface area (Å²) in [5.41, 5.74) is 4.71. The fourth-order valence-corrected chi connectivity index (χ4v) is 6.17. The van der Waals surface area contributed by atoms with Crippen LogP contribution < -0.4 is 16.0 Å². The molecule has 0 unspecified atom stereocenters. The highest BCUT2D eigenvalue weighted by molar-refractivity contribution is 6.41. The summed E-state index contributed by atoms with van der Waals surface area (Å²) in [4.78, 5) is 40.2. The maximum Gasteiger partial charge on any atom is 0.677 e. The Morgan fingerprint density at radius 1 is 1.00 bits per heavy atom. The summed E-state index contributed by atoms with van der Waals surface area (Å²) >= 11 is 5.92. The van der Waals surface area contributed by atoms with Crippen LogP contribution in [0.25, 0.3) is 17.0 Å². The zero-order valence-electron chi connectivity index (χ0n) is 32.0. The number of benzene rings is 2. The van der Waals surface area contributed by atoms with E-state index in [1.807, 2.05) is 6.92 Å². The van der Waals surface area contributed by atoms with Crippen molar-refractivity contribution in [3.05, 3.63) is 107 Å². The molecule has 0 radical (unpaired) electrons. The van der Waals surface area contributed by atoms with Crippen molar-refractivity contribution in [2.75, 3.05) is 63.2 Å². The highest BCUT2D eigenvalue weighted by atomic mass is 35.5. The second-order valence-corrected chi connectivity index (χ2v) is 13.5. The quantitative estimate of drug-likeness (QED) is 0.0460. The van der Waals surface area contributed by atoms with E-state index in [1.165, 1.54) is 24.5 Å². The van der Waals surface area contributed by atoms with E-state index in [1.54, 1.807) is 68.5 Å². The molecule has 300 valence electrons. The van der Waals surface area contributed by atoms with Gasteiger partial charge in [0.05, 0.1) is 42.7 Å². The van der Waals surface area contributed by atoms with Gasteiger partial charge in [0.25, 0.3) is 0 Å². The Bertz CT molecular complexity index is 2160. The number of carbonyl (C=O) groups excluding carboxylic acids is 2. The molecule has 0 aliphatic carbocycles. The third-order valence-electron chi connectivity index (χ3n) is 8.93. The van der Waals surface area contributed by atoms with Crippen LogP contribution in [-0.4, -0.2) is 96.9 Å². The van der Waals surface area contributed by atoms with E-state index in [4.69, 9.17) is 21.1 Å². The fourth-order valence-electron chi connectivity index (χ4n) is 5.98. The zero-order valence-corrected chi connectivity index (χ0v) is 32.8. The normalized spacial score (nSPS) is 13.3. The topological polar surface area (TPSA) is 135 Å². The van der Waals surface area contributed by atoms with Crippen molar-refractivity contribution in [1.82, 2.24) is 24.7 Å². The molecule has 3 N–H and O–H groups in total. The zero-order chi connectivity index (χ0) is 40.7. The number of nitrogens with zero attached hydrogens (tertiary/aromatic N) is 5. The van der Waals surface area contributed by atoms with Gasteiger partial charge in [-0.3, -0.25) is 28.1 Å². The van der Waals surface area contributed by atoms with E-state index in [-0.39, 0.29) is 23.3 Å². The summed E-state index contributed by atoms with van der Waals surface area (Å²) in [6, 6.07) is 11.3. The van der Waals surface area contributed by atoms with Gasteiger partial charge in [-0.05, 0) is 93.1 Å². The van der Waals surface area contributed by atoms with Gasteiger partial charge in [-0.15, -0.1) is 0 Å². The third kappa shape index (κ3) is 12.9. The number of fused-ring (bicyclic) bond motifs is 1. The van der Waals surface area contributed by atoms with Crippen molar-refractivity contribution in [2.24, 2.45) is 4.99 Å². The van der Waals surface area contributed by atoms with E-state index in [9.17, 15) is 22.6 Å². The monoisotopic (exact) mass is 804 g/mol. The van der Waals surface area contributed by atoms with E-state index >= 15 is 0 Å². The predicted octanol–water partition coefficient (Wildman–Crippen LogP) is 7.15. The molecule has 1 aliphatic rings. The minimum atomic E-state index is -2.64. The lowest BCUT2D eigenvalue weighted by Gasteiger charge is -2.18. The molecule has 0 saturated heterocycles. The second kappa shape index (κ2) is 21.3. The molecule has 0 bridgehead atoms. The molecule has 3 heterocycles. The maximum atomic E-state index is 13.6. The molecular weight excluding hydrogens is 760 g/mol. The molecular formula is C40H45BClF3N8O4. The van der Waals surface area contributed by atoms with Gasteiger partial charge in [0.2, 0.25) is 11.8 Å². The molecule has 5 rings (SSSR count). The van der Waals surface area contributed by atoms with Gasteiger partial charge in [0, 0.05) is 66.0 Å². The predicted molar refractivity (Wildman–Crippen MR) is 220 cm³/mol. The Morgan fingerprint density at radius 2 is 1.79 bits per heavy atom. The first-order valence-corrected chi connectivity index (χ1v) is 18.9. The fraction of sp³-hybridized carbons (Fsp3) is 0.325. The van der Waals surface area contributed by atoms with E-state index < -0.39 is 13.2 Å². The minimum absolute atomic E-state index is 0.0151. The Morgan fingerprint density at radius 3 is 2.56 bits per heavy atom. The van der Waals surface area contributed by atoms with Crippen LogP contribution in [0.5, 0.6) is 0 Å². The summed E-state index contributed by atoms with van der Waals surface area (Å²) in [5, 5.41) is 9.46. The van der Waals surface area contributed by atoms with Gasteiger partial charge in [-0.1, -0.05) is 24.6 Å². The van der Waals surface area contributed by atoms with Crippen molar-refractivity contribution < 1.29 is 32.1 Å². The SMILES string of the molecule is CCN(C/C=C/C(=O)Nc1ccc2ncnc(Nc3ccc(F)c(Cl)c3)c2c1)CCOCCOCCNC(=O)CCC1=N/C(=C\c2c(C)cc(C)n2B(F)F)C=C1. The molecule has 0 fully saturated rings. The van der Waals surface area contributed by atoms with E-state index in [0.717, 1.165) is 16.6 Å². The average molecular weight is 805 g/mol. The molecule has 0 spiro atoms. The minimum Gasteiger partial charge on any atom is -0.378 e. The molecule has 4 aromatic rings. The van der Waals surface area contributed by atoms with Gasteiger partial charge in [-0.2, -0.15) is 0 Å². The second-order valence-electron chi connectivity index (χ2n) is 13.1. The van der Waals surface area contributed by atoms with Crippen molar-refractivity contribution in [1.29, 1.82) is 0 Å². The number of hydrogen-bond acceptors (Lipinski definition) is 9. The van der Waals surface area contributed by atoms with Gasteiger partial charge in [0.1, 0.15) is 18.0 Å². The Balaban J connectivity index is 0.924. The summed E-state index contributed by atoms with van der Waals surface area (Å²) in [6.45, 7) is 9.42. The molecule has 0 saturated carbocycles. The van der Waals surface area contributed by atoms with Crippen LogP contribution in [0.3, 0.4) is 0 Å². The largest absolute Gasteiger partial charge is 0.677 e. The number of ether oxygens (including phenoxy) is 2. The molecule has 17 heteroatoms. The summed E-state index contributed by atoms with van der Waals surface area (Å²) in [6.07, 6.45) is 10.6. The number of aromatic nitrogens is 3. The Kier molecular flexibility index (Phi) is 16.0. The van der Waals surface area contributed by atoms with Gasteiger partial charge in [-0.25, -0.2) is 14.4 Å². The number of aryl methyl sites for hydroxylation is 2. The lowest BCUT2D eigenvalue weighted by Crippen LogP contribution is -2.29. The number of likely N-dealkylation sites (N-methyl/N-ethyl adjacent to an activating group) is 1. The Labute approximate surface area is 335 Å². The van der Waals surface area contributed by atoms with E-state index in [2.05, 4.69) is 35.8 Å². The first kappa shape index (κ1) is 42.8. The number of rotatable bonds is 21. The van der Waals surface area contributed by atoms with Gasteiger partial charge in [0.15, 0.2) is 0 Å². The number of aliphatic imine (C=N–C) groups is 1. The first-order valence-electron chi connectivity index (χ1n) is 18.5. The van der Waals surface area contributed by atoms with Crippen molar-refractivity contribution >= 4 is 70.7 Å². The Hall–Kier alpha value is -5.29. The number of nitrogens with one attached hydrogen (secondary N) is 3. The van der Waals surface area contributed by atoms with Crippen LogP contribution in [0.1, 0.15) is 36.7 Å². The van der Waals surface area contributed by atoms with Crippen LogP contribution in [0.2, 0.25) is 5.02 Å². The maximum absolute atomic E-state index is 13.6. The third-order valence-corrected chi connectivity index (χ3v) is 9.22. The van der Waals surface area contributed by atoms with Crippen LogP contribution in [0.4, 0.5) is 30.2 Å². The lowest BCUT2D eigenvalue weighted by atomic mass is 10.1. The smallest absolute Gasteiger partial charge is 0.378 e. The van der Waals surface area contributed by atoms with Crippen molar-refractivity contribution in [3.63, 3.8) is 0 Å². The number of amides is 2. The molecule has 0 atom stereocenters. The van der Waals surface area contributed by atoms with E-state index in [0.29, 0.717) is 103 Å². The molecule has 2 aromatic heterocycles. The van der Waals surface area contributed by atoms with Crippen LogP contribution >= 0.6 is 11.6 Å². The lowest BCUT2D eigenvalue weighted by molar-refractivity contribution is -0.121. The van der Waals surface area contributed by atoms with Crippen LogP contribution in [0, 0.1) is 19.7 Å².